The summed E-state index contributed by atoms with van der Waals surface area (Å²) in [6, 6.07) is 0.441. The Kier molecular flexibility index (Phi) is 11.0. The minimum atomic E-state index is -3.30. The fraction of sp³-hybridized carbons (Fsp3) is 1.00. The largest absolute Gasteiger partial charge is 0.314 e. The minimum absolute atomic E-state index is 0.441. The molecule has 0 spiro atoms. The number of hydrogen-bond donors (Lipinski definition) is 2. The lowest BCUT2D eigenvalue weighted by molar-refractivity contribution is 0.438. The first-order chi connectivity index (χ1) is 8.90. The molecule has 0 unspecified atom stereocenters. The van der Waals surface area contributed by atoms with Crippen LogP contribution in [0.15, 0.2) is 0 Å². The number of nitrogens with zero attached hydrogens (tertiary/aromatic N) is 1. The minimum Gasteiger partial charge on any atom is -0.314 e. The summed E-state index contributed by atoms with van der Waals surface area (Å²) in [7, 11) is -1.67. The maximum atomic E-state index is 11.9. The molecular weight excluding hydrogens is 282 g/mol. The molecule has 0 aromatic rings. The SMILES string of the molecule is CSCCCCNS(=O)(=O)N(C)CCCNC(C)C. The van der Waals surface area contributed by atoms with E-state index in [0.29, 0.717) is 19.1 Å². The zero-order chi connectivity index (χ0) is 14.7. The predicted molar refractivity (Wildman–Crippen MR) is 84.9 cm³/mol. The molecule has 0 aliphatic rings. The van der Waals surface area contributed by atoms with Crippen LogP contribution >= 0.6 is 11.8 Å². The molecule has 0 rings (SSSR count). The first-order valence-corrected chi connectivity index (χ1v) is 9.66. The van der Waals surface area contributed by atoms with Gasteiger partial charge in [0.05, 0.1) is 0 Å². The molecule has 0 aromatic heterocycles. The average Bonchev–Trinajstić information content (AvgIpc) is 2.33. The number of rotatable bonds is 12. The second-order valence-electron chi connectivity index (χ2n) is 4.88. The zero-order valence-electron chi connectivity index (χ0n) is 12.6. The molecule has 0 bridgehead atoms. The van der Waals surface area contributed by atoms with Crippen LogP contribution in [-0.4, -0.2) is 57.5 Å². The van der Waals surface area contributed by atoms with Crippen LogP contribution < -0.4 is 10.0 Å². The number of nitrogens with one attached hydrogen (secondary N) is 2. The molecule has 0 aliphatic carbocycles. The molecule has 0 aliphatic heterocycles. The smallest absolute Gasteiger partial charge is 0.279 e. The van der Waals surface area contributed by atoms with Crippen molar-refractivity contribution in [2.45, 2.75) is 39.2 Å². The number of hydrogen-bond acceptors (Lipinski definition) is 4. The second-order valence-corrected chi connectivity index (χ2v) is 7.73. The molecule has 0 saturated carbocycles. The van der Waals surface area contributed by atoms with Gasteiger partial charge in [-0.1, -0.05) is 13.8 Å². The Labute approximate surface area is 123 Å². The van der Waals surface area contributed by atoms with Crippen molar-refractivity contribution in [3.63, 3.8) is 0 Å². The van der Waals surface area contributed by atoms with E-state index in [-0.39, 0.29) is 0 Å². The molecule has 0 atom stereocenters. The second kappa shape index (κ2) is 10.9. The van der Waals surface area contributed by atoms with Crippen LogP contribution in [0.5, 0.6) is 0 Å². The van der Waals surface area contributed by atoms with E-state index < -0.39 is 10.2 Å². The van der Waals surface area contributed by atoms with Gasteiger partial charge in [0.25, 0.3) is 10.2 Å². The van der Waals surface area contributed by atoms with Crippen LogP contribution in [0.4, 0.5) is 0 Å². The molecule has 2 N–H and O–H groups in total. The highest BCUT2D eigenvalue weighted by Gasteiger charge is 2.15. The monoisotopic (exact) mass is 311 g/mol. The first kappa shape index (κ1) is 19.2. The third-order valence-electron chi connectivity index (χ3n) is 2.67. The Morgan fingerprint density at radius 2 is 1.84 bits per heavy atom. The normalized spacial score (nSPS) is 12.5. The fourth-order valence-corrected chi connectivity index (χ4v) is 2.98. The molecule has 0 fully saturated rings. The van der Waals surface area contributed by atoms with Crippen molar-refractivity contribution < 1.29 is 8.42 Å². The molecule has 7 heteroatoms. The van der Waals surface area contributed by atoms with Crippen LogP contribution in [0.3, 0.4) is 0 Å². The van der Waals surface area contributed by atoms with E-state index in [2.05, 4.69) is 30.1 Å². The van der Waals surface area contributed by atoms with Crippen molar-refractivity contribution in [3.8, 4) is 0 Å². The van der Waals surface area contributed by atoms with Crippen molar-refractivity contribution in [2.75, 3.05) is 38.7 Å². The van der Waals surface area contributed by atoms with E-state index in [1.807, 2.05) is 0 Å². The van der Waals surface area contributed by atoms with E-state index in [9.17, 15) is 8.42 Å². The van der Waals surface area contributed by atoms with Gasteiger partial charge >= 0.3 is 0 Å². The fourth-order valence-electron chi connectivity index (χ4n) is 1.50. The van der Waals surface area contributed by atoms with Gasteiger partial charge in [0.2, 0.25) is 0 Å². The van der Waals surface area contributed by atoms with Gasteiger partial charge in [0, 0.05) is 26.2 Å². The van der Waals surface area contributed by atoms with Gasteiger partial charge in [-0.05, 0) is 37.8 Å². The van der Waals surface area contributed by atoms with Gasteiger partial charge in [0.1, 0.15) is 0 Å². The average molecular weight is 312 g/mol. The Morgan fingerprint density at radius 3 is 2.42 bits per heavy atom. The van der Waals surface area contributed by atoms with E-state index >= 15 is 0 Å². The third kappa shape index (κ3) is 10.6. The summed E-state index contributed by atoms with van der Waals surface area (Å²) < 4.78 is 27.8. The molecule has 0 amide bonds. The quantitative estimate of drug-likeness (QED) is 0.533. The predicted octanol–water partition coefficient (Wildman–Crippen LogP) is 1.28. The van der Waals surface area contributed by atoms with Crippen LogP contribution in [0, 0.1) is 0 Å². The molecule has 5 nitrogen and oxygen atoms in total. The summed E-state index contributed by atoms with van der Waals surface area (Å²) in [6.07, 6.45) is 4.82. The van der Waals surface area contributed by atoms with Crippen molar-refractivity contribution in [2.24, 2.45) is 0 Å². The van der Waals surface area contributed by atoms with Gasteiger partial charge in [-0.3, -0.25) is 0 Å². The highest BCUT2D eigenvalue weighted by molar-refractivity contribution is 7.98. The van der Waals surface area contributed by atoms with Crippen LogP contribution in [0.2, 0.25) is 0 Å². The summed E-state index contributed by atoms with van der Waals surface area (Å²) in [5.41, 5.74) is 0. The van der Waals surface area contributed by atoms with Crippen molar-refractivity contribution in [1.29, 1.82) is 0 Å². The first-order valence-electron chi connectivity index (χ1n) is 6.83. The van der Waals surface area contributed by atoms with Gasteiger partial charge in [-0.15, -0.1) is 0 Å². The van der Waals surface area contributed by atoms with Crippen molar-refractivity contribution >= 4 is 22.0 Å². The summed E-state index contributed by atoms with van der Waals surface area (Å²) >= 11 is 1.79. The van der Waals surface area contributed by atoms with E-state index in [1.165, 1.54) is 4.31 Å². The standard InChI is InChI=1S/C12H29N3O2S2/c1-12(2)13-8-7-10-15(3)19(16,17)14-9-5-6-11-18-4/h12-14H,5-11H2,1-4H3. The van der Waals surface area contributed by atoms with Crippen LogP contribution in [0.1, 0.15) is 33.1 Å². The Hall–Kier alpha value is 0.180. The Morgan fingerprint density at radius 1 is 1.16 bits per heavy atom. The molecule has 116 valence electrons. The Bertz CT molecular complexity index is 308. The molecule has 0 radical (unpaired) electrons. The lowest BCUT2D eigenvalue weighted by Gasteiger charge is -2.18. The molecular formula is C12H29N3O2S2. The van der Waals surface area contributed by atoms with Gasteiger partial charge < -0.3 is 5.32 Å². The summed E-state index contributed by atoms with van der Waals surface area (Å²) in [5.74, 6) is 1.08. The Balaban J connectivity index is 3.78. The van der Waals surface area contributed by atoms with Crippen molar-refractivity contribution in [3.05, 3.63) is 0 Å². The molecule has 19 heavy (non-hydrogen) atoms. The maximum absolute atomic E-state index is 11.9. The third-order valence-corrected chi connectivity index (χ3v) is 4.94. The summed E-state index contributed by atoms with van der Waals surface area (Å²) in [4.78, 5) is 0. The molecule has 0 aromatic carbocycles. The van der Waals surface area contributed by atoms with E-state index in [4.69, 9.17) is 0 Å². The highest BCUT2D eigenvalue weighted by atomic mass is 32.2. The summed E-state index contributed by atoms with van der Waals surface area (Å²) in [6.45, 7) is 6.07. The molecule has 0 saturated heterocycles. The lowest BCUT2D eigenvalue weighted by Crippen LogP contribution is -2.40. The zero-order valence-corrected chi connectivity index (χ0v) is 14.2. The van der Waals surface area contributed by atoms with Crippen LogP contribution in [-0.2, 0) is 10.2 Å². The van der Waals surface area contributed by atoms with Gasteiger partial charge in [-0.2, -0.15) is 24.5 Å². The highest BCUT2D eigenvalue weighted by Crippen LogP contribution is 2.00. The maximum Gasteiger partial charge on any atom is 0.279 e. The van der Waals surface area contributed by atoms with Gasteiger partial charge in [-0.25, -0.2) is 4.72 Å². The number of thioether (sulfide) groups is 1. The van der Waals surface area contributed by atoms with Crippen LogP contribution in [0.25, 0.3) is 0 Å². The van der Waals surface area contributed by atoms with Gasteiger partial charge in [0.15, 0.2) is 0 Å². The van der Waals surface area contributed by atoms with Crippen molar-refractivity contribution in [1.82, 2.24) is 14.3 Å². The molecule has 0 heterocycles. The number of unbranched alkanes of at least 4 members (excludes halogenated alkanes) is 1. The van der Waals surface area contributed by atoms with E-state index in [1.54, 1.807) is 18.8 Å². The topological polar surface area (TPSA) is 61.4 Å². The van der Waals surface area contributed by atoms with E-state index in [0.717, 1.165) is 31.6 Å². The summed E-state index contributed by atoms with van der Waals surface area (Å²) in [5, 5.41) is 3.27. The lowest BCUT2D eigenvalue weighted by atomic mass is 10.3.